The molecule has 1 aromatic heterocycles. The smallest absolute Gasteiger partial charge is 0.260 e. The molecule has 136 valence electrons. The lowest BCUT2D eigenvalue weighted by molar-refractivity contribution is 0.0783. The van der Waals surface area contributed by atoms with E-state index in [0.29, 0.717) is 19.4 Å². The van der Waals surface area contributed by atoms with Crippen molar-refractivity contribution in [3.63, 3.8) is 0 Å². The second-order valence-corrected chi connectivity index (χ2v) is 6.52. The first-order valence-electron chi connectivity index (χ1n) is 8.41. The number of halogens is 1. The van der Waals surface area contributed by atoms with E-state index < -0.39 is 23.5 Å². The fourth-order valence-corrected chi connectivity index (χ4v) is 2.84. The van der Waals surface area contributed by atoms with Crippen molar-refractivity contribution in [1.29, 1.82) is 0 Å². The normalized spacial score (nSPS) is 18.7. The highest BCUT2D eigenvalue weighted by Gasteiger charge is 2.30. The standard InChI is InChI=1S/C19H20FN3O3/c1-23(11-12-5-3-2-4-6-12)19(26)16-7-13(10-21-18(16)25)17(24)22-15-8-14(20)9-15/h2-7,10,14-15H,8-9,11H2,1H3,(H,21,25)(H,22,24). The van der Waals surface area contributed by atoms with Gasteiger partial charge in [0.05, 0.1) is 5.56 Å². The van der Waals surface area contributed by atoms with Crippen LogP contribution in [-0.2, 0) is 6.54 Å². The Morgan fingerprint density at radius 3 is 2.62 bits per heavy atom. The molecule has 2 aromatic rings. The maximum absolute atomic E-state index is 12.9. The van der Waals surface area contributed by atoms with Crippen molar-refractivity contribution in [2.45, 2.75) is 31.6 Å². The number of benzene rings is 1. The number of aromatic amines is 1. The van der Waals surface area contributed by atoms with Crippen molar-refractivity contribution in [2.24, 2.45) is 0 Å². The summed E-state index contributed by atoms with van der Waals surface area (Å²) < 4.78 is 12.9. The summed E-state index contributed by atoms with van der Waals surface area (Å²) in [6, 6.07) is 10.5. The minimum atomic E-state index is -0.875. The number of nitrogens with zero attached hydrogens (tertiary/aromatic N) is 1. The lowest BCUT2D eigenvalue weighted by Gasteiger charge is -2.30. The molecule has 0 unspecified atom stereocenters. The zero-order valence-electron chi connectivity index (χ0n) is 14.4. The number of pyridine rings is 1. The SMILES string of the molecule is CN(Cc1ccccc1)C(=O)c1cc(C(=O)NC2CC(F)C2)c[nH]c1=O. The van der Waals surface area contributed by atoms with Crippen LogP contribution in [0.5, 0.6) is 0 Å². The van der Waals surface area contributed by atoms with E-state index in [4.69, 9.17) is 0 Å². The number of amides is 2. The predicted octanol–water partition coefficient (Wildman–Crippen LogP) is 1.88. The molecule has 1 heterocycles. The summed E-state index contributed by atoms with van der Waals surface area (Å²) in [6.07, 6.45) is 0.971. The fraction of sp³-hybridized carbons (Fsp3) is 0.316. The number of alkyl halides is 1. The summed E-state index contributed by atoms with van der Waals surface area (Å²) in [5.41, 5.74) is 0.440. The Bertz CT molecular complexity index is 860. The molecule has 0 spiro atoms. The molecule has 0 atom stereocenters. The molecule has 1 aliphatic carbocycles. The Labute approximate surface area is 150 Å². The molecule has 7 heteroatoms. The molecule has 1 aromatic carbocycles. The van der Waals surface area contributed by atoms with Gasteiger partial charge in [0.1, 0.15) is 11.7 Å². The van der Waals surface area contributed by atoms with Crippen molar-refractivity contribution in [2.75, 3.05) is 7.05 Å². The highest BCUT2D eigenvalue weighted by molar-refractivity contribution is 5.99. The second-order valence-electron chi connectivity index (χ2n) is 6.52. The number of hydrogen-bond donors (Lipinski definition) is 2. The van der Waals surface area contributed by atoms with Crippen LogP contribution < -0.4 is 10.9 Å². The van der Waals surface area contributed by atoms with E-state index in [2.05, 4.69) is 10.3 Å². The average molecular weight is 357 g/mol. The van der Waals surface area contributed by atoms with Gasteiger partial charge in [-0.15, -0.1) is 0 Å². The number of rotatable bonds is 5. The Morgan fingerprint density at radius 2 is 1.96 bits per heavy atom. The summed E-state index contributed by atoms with van der Waals surface area (Å²) in [4.78, 5) is 40.7. The first-order valence-corrected chi connectivity index (χ1v) is 8.41. The van der Waals surface area contributed by atoms with E-state index in [-0.39, 0.29) is 17.2 Å². The Hall–Kier alpha value is -2.96. The average Bonchev–Trinajstić information content (AvgIpc) is 2.61. The first-order chi connectivity index (χ1) is 12.4. The topological polar surface area (TPSA) is 82.3 Å². The summed E-state index contributed by atoms with van der Waals surface area (Å²) in [5.74, 6) is -0.907. The van der Waals surface area contributed by atoms with Crippen molar-refractivity contribution in [3.05, 3.63) is 69.6 Å². The molecule has 0 bridgehead atoms. The summed E-state index contributed by atoms with van der Waals surface area (Å²) in [7, 11) is 1.59. The number of carbonyl (C=O) groups is 2. The highest BCUT2D eigenvalue weighted by Crippen LogP contribution is 2.23. The molecule has 1 saturated carbocycles. The van der Waals surface area contributed by atoms with E-state index in [9.17, 15) is 18.8 Å². The van der Waals surface area contributed by atoms with Gasteiger partial charge in [0, 0.05) is 25.8 Å². The van der Waals surface area contributed by atoms with Crippen LogP contribution in [0.15, 0.2) is 47.4 Å². The molecule has 2 N–H and O–H groups in total. The molecule has 2 amide bonds. The Balaban J connectivity index is 1.73. The molecular formula is C19H20FN3O3. The summed E-state index contributed by atoms with van der Waals surface area (Å²) in [6.45, 7) is 0.343. The number of carbonyl (C=O) groups excluding carboxylic acids is 2. The molecule has 26 heavy (non-hydrogen) atoms. The lowest BCUT2D eigenvalue weighted by atomic mass is 9.90. The molecular weight excluding hydrogens is 337 g/mol. The molecule has 0 saturated heterocycles. The van der Waals surface area contributed by atoms with Crippen LogP contribution in [0.25, 0.3) is 0 Å². The van der Waals surface area contributed by atoms with Crippen LogP contribution in [-0.4, -0.2) is 41.0 Å². The van der Waals surface area contributed by atoms with Crippen LogP contribution >= 0.6 is 0 Å². The third kappa shape index (κ3) is 3.99. The Morgan fingerprint density at radius 1 is 1.27 bits per heavy atom. The molecule has 3 rings (SSSR count). The predicted molar refractivity (Wildman–Crippen MR) is 94.7 cm³/mol. The zero-order valence-corrected chi connectivity index (χ0v) is 14.4. The lowest BCUT2D eigenvalue weighted by Crippen LogP contribution is -2.45. The number of hydrogen-bond acceptors (Lipinski definition) is 3. The van der Waals surface area contributed by atoms with Gasteiger partial charge < -0.3 is 15.2 Å². The summed E-state index contributed by atoms with van der Waals surface area (Å²) >= 11 is 0. The third-order valence-corrected chi connectivity index (χ3v) is 4.42. The molecule has 0 radical (unpaired) electrons. The zero-order chi connectivity index (χ0) is 18.7. The maximum atomic E-state index is 12.9. The van der Waals surface area contributed by atoms with Gasteiger partial charge in [0.2, 0.25) is 0 Å². The van der Waals surface area contributed by atoms with Gasteiger partial charge in [-0.1, -0.05) is 30.3 Å². The van der Waals surface area contributed by atoms with Crippen LogP contribution in [0.2, 0.25) is 0 Å². The van der Waals surface area contributed by atoms with E-state index in [0.717, 1.165) is 5.56 Å². The van der Waals surface area contributed by atoms with Crippen LogP contribution in [0, 0.1) is 0 Å². The molecule has 6 nitrogen and oxygen atoms in total. The van der Waals surface area contributed by atoms with Gasteiger partial charge >= 0.3 is 0 Å². The minimum Gasteiger partial charge on any atom is -0.349 e. The minimum absolute atomic E-state index is 0.104. The monoisotopic (exact) mass is 357 g/mol. The van der Waals surface area contributed by atoms with E-state index >= 15 is 0 Å². The van der Waals surface area contributed by atoms with Crippen molar-refractivity contribution in [3.8, 4) is 0 Å². The van der Waals surface area contributed by atoms with Gasteiger partial charge in [0.25, 0.3) is 17.4 Å². The van der Waals surface area contributed by atoms with Crippen LogP contribution in [0.1, 0.15) is 39.1 Å². The van der Waals surface area contributed by atoms with E-state index in [1.54, 1.807) is 7.05 Å². The number of nitrogens with one attached hydrogen (secondary N) is 2. The molecule has 1 aliphatic rings. The van der Waals surface area contributed by atoms with Crippen molar-refractivity contribution >= 4 is 11.8 Å². The molecule has 1 fully saturated rings. The number of aromatic nitrogens is 1. The van der Waals surface area contributed by atoms with Gasteiger partial charge in [-0.3, -0.25) is 14.4 Å². The van der Waals surface area contributed by atoms with Gasteiger partial charge in [-0.05, 0) is 24.5 Å². The second kappa shape index (κ2) is 7.51. The Kier molecular flexibility index (Phi) is 5.16. The fourth-order valence-electron chi connectivity index (χ4n) is 2.84. The largest absolute Gasteiger partial charge is 0.349 e. The highest BCUT2D eigenvalue weighted by atomic mass is 19.1. The van der Waals surface area contributed by atoms with E-state index in [1.165, 1.54) is 17.2 Å². The van der Waals surface area contributed by atoms with Crippen LogP contribution in [0.3, 0.4) is 0 Å². The van der Waals surface area contributed by atoms with Crippen molar-refractivity contribution in [1.82, 2.24) is 15.2 Å². The number of H-pyrrole nitrogens is 1. The maximum Gasteiger partial charge on any atom is 0.260 e. The third-order valence-electron chi connectivity index (χ3n) is 4.42. The van der Waals surface area contributed by atoms with Gasteiger partial charge in [-0.25, -0.2) is 4.39 Å². The van der Waals surface area contributed by atoms with Gasteiger partial charge in [0.15, 0.2) is 0 Å². The molecule has 0 aliphatic heterocycles. The van der Waals surface area contributed by atoms with E-state index in [1.807, 2.05) is 30.3 Å². The first kappa shape index (κ1) is 17.8. The van der Waals surface area contributed by atoms with Crippen molar-refractivity contribution < 1.29 is 14.0 Å². The van der Waals surface area contributed by atoms with Crippen LogP contribution in [0.4, 0.5) is 4.39 Å². The van der Waals surface area contributed by atoms with Gasteiger partial charge in [-0.2, -0.15) is 0 Å². The quantitative estimate of drug-likeness (QED) is 0.857. The summed E-state index contributed by atoms with van der Waals surface area (Å²) in [5, 5.41) is 2.69.